The molecule has 5 nitrogen and oxygen atoms in total. The zero-order valence-corrected chi connectivity index (χ0v) is 9.30. The molecule has 0 aliphatic carbocycles. The van der Waals surface area contributed by atoms with Crippen molar-refractivity contribution in [1.29, 1.82) is 0 Å². The molecule has 0 aromatic carbocycles. The van der Waals surface area contributed by atoms with Crippen LogP contribution in [-0.4, -0.2) is 34.7 Å². The number of rotatable bonds is 3. The number of aromatic nitrogens is 1. The Morgan fingerprint density at radius 2 is 2.12 bits per heavy atom. The Morgan fingerprint density at radius 1 is 1.53 bits per heavy atom. The van der Waals surface area contributed by atoms with Crippen molar-refractivity contribution in [2.45, 2.75) is 13.1 Å². The fourth-order valence-corrected chi connectivity index (χ4v) is 1.78. The first kappa shape index (κ1) is 13.4. The molecule has 0 radical (unpaired) electrons. The molecule has 0 aliphatic rings. The molecule has 0 fully saturated rings. The summed E-state index contributed by atoms with van der Waals surface area (Å²) in [6.07, 6.45) is -5.13. The highest BCUT2D eigenvalue weighted by Crippen LogP contribution is 2.26. The van der Waals surface area contributed by atoms with Gasteiger partial charge in [-0.15, -0.1) is 11.3 Å². The van der Waals surface area contributed by atoms with Gasteiger partial charge in [0.15, 0.2) is 5.13 Å². The number of aryl methyl sites for hydroxylation is 1. The number of nitrogens with zero attached hydrogens (tertiary/aromatic N) is 2. The van der Waals surface area contributed by atoms with Crippen molar-refractivity contribution in [3.05, 3.63) is 11.1 Å². The molecule has 0 saturated carbocycles. The van der Waals surface area contributed by atoms with Crippen molar-refractivity contribution in [2.24, 2.45) is 0 Å². The molecule has 9 heteroatoms. The molecule has 1 amide bonds. The highest BCUT2D eigenvalue weighted by Gasteiger charge is 2.44. The Hall–Kier alpha value is -1.64. The summed E-state index contributed by atoms with van der Waals surface area (Å²) in [6, 6.07) is 0. The van der Waals surface area contributed by atoms with E-state index in [1.807, 2.05) is 0 Å². The molecule has 0 spiro atoms. The largest absolute Gasteiger partial charge is 0.480 e. The summed E-state index contributed by atoms with van der Waals surface area (Å²) in [5, 5.41) is 9.62. The number of carboxylic acids is 1. The van der Waals surface area contributed by atoms with E-state index in [9.17, 15) is 22.8 Å². The summed E-state index contributed by atoms with van der Waals surface area (Å²) in [6.45, 7) is 0.447. The van der Waals surface area contributed by atoms with Gasteiger partial charge < -0.3 is 5.11 Å². The van der Waals surface area contributed by atoms with Crippen LogP contribution in [0.1, 0.15) is 5.69 Å². The summed E-state index contributed by atoms with van der Waals surface area (Å²) in [7, 11) is 0. The van der Waals surface area contributed by atoms with E-state index in [-0.39, 0.29) is 10.0 Å². The number of thiazole rings is 1. The second kappa shape index (κ2) is 4.70. The monoisotopic (exact) mass is 268 g/mol. The third kappa shape index (κ3) is 3.41. The number of halogens is 3. The summed E-state index contributed by atoms with van der Waals surface area (Å²) < 4.78 is 36.7. The smallest absolute Gasteiger partial charge is 0.471 e. The van der Waals surface area contributed by atoms with Crippen molar-refractivity contribution >= 4 is 28.3 Å². The molecule has 1 aromatic heterocycles. The average Bonchev–Trinajstić information content (AvgIpc) is 2.58. The molecule has 0 atom stereocenters. The Balaban J connectivity index is 3.04. The van der Waals surface area contributed by atoms with Gasteiger partial charge in [0, 0.05) is 5.38 Å². The van der Waals surface area contributed by atoms with Gasteiger partial charge in [0.1, 0.15) is 6.54 Å². The standard InChI is InChI=1S/C8H7F3N2O3S/c1-4-3-17-7(12-4)13(2-5(14)15)6(16)8(9,10)11/h3H,2H2,1H3,(H,14,15). The lowest BCUT2D eigenvalue weighted by molar-refractivity contribution is -0.170. The number of hydrogen-bond donors (Lipinski definition) is 1. The minimum Gasteiger partial charge on any atom is -0.480 e. The van der Waals surface area contributed by atoms with Crippen LogP contribution in [0.5, 0.6) is 0 Å². The summed E-state index contributed by atoms with van der Waals surface area (Å²) >= 11 is 0.775. The number of hydrogen-bond acceptors (Lipinski definition) is 4. The minimum atomic E-state index is -5.13. The Kier molecular flexibility index (Phi) is 3.71. The summed E-state index contributed by atoms with van der Waals surface area (Å²) in [5.74, 6) is -3.79. The molecule has 1 aromatic rings. The number of amides is 1. The van der Waals surface area contributed by atoms with Gasteiger partial charge in [0.25, 0.3) is 0 Å². The first-order valence-electron chi connectivity index (χ1n) is 4.24. The van der Waals surface area contributed by atoms with Crippen molar-refractivity contribution < 1.29 is 27.9 Å². The second-order valence-corrected chi connectivity index (χ2v) is 3.89. The zero-order chi connectivity index (χ0) is 13.2. The lowest BCUT2D eigenvalue weighted by Gasteiger charge is -2.18. The van der Waals surface area contributed by atoms with E-state index in [1.54, 1.807) is 0 Å². The number of carbonyl (C=O) groups excluding carboxylic acids is 1. The molecule has 0 bridgehead atoms. The topological polar surface area (TPSA) is 70.5 Å². The van der Waals surface area contributed by atoms with Gasteiger partial charge in [0.05, 0.1) is 5.69 Å². The van der Waals surface area contributed by atoms with Gasteiger partial charge in [-0.2, -0.15) is 13.2 Å². The van der Waals surface area contributed by atoms with Gasteiger partial charge in [0.2, 0.25) is 0 Å². The third-order valence-electron chi connectivity index (χ3n) is 1.62. The molecular weight excluding hydrogens is 261 g/mol. The molecule has 0 aliphatic heterocycles. The third-order valence-corrected chi connectivity index (χ3v) is 2.60. The average molecular weight is 268 g/mol. The lowest BCUT2D eigenvalue weighted by Crippen LogP contribution is -2.44. The molecule has 0 unspecified atom stereocenters. The maximum absolute atomic E-state index is 12.2. The van der Waals surface area contributed by atoms with Crippen LogP contribution < -0.4 is 4.90 Å². The van der Waals surface area contributed by atoms with E-state index in [4.69, 9.17) is 5.11 Å². The Bertz CT molecular complexity index is 443. The molecule has 0 saturated heterocycles. The highest BCUT2D eigenvalue weighted by atomic mass is 32.1. The first-order chi connectivity index (χ1) is 7.71. The molecular formula is C8H7F3N2O3S. The van der Waals surface area contributed by atoms with Crippen LogP contribution in [-0.2, 0) is 9.59 Å². The van der Waals surface area contributed by atoms with E-state index < -0.39 is 24.6 Å². The minimum absolute atomic E-state index is 0.0972. The fraction of sp³-hybridized carbons (Fsp3) is 0.375. The van der Waals surface area contributed by atoms with E-state index in [0.29, 0.717) is 5.69 Å². The number of alkyl halides is 3. The number of aliphatic carboxylic acids is 1. The molecule has 1 heterocycles. The molecule has 1 rings (SSSR count). The number of carbonyl (C=O) groups is 2. The maximum atomic E-state index is 12.2. The SMILES string of the molecule is Cc1csc(N(CC(=O)O)C(=O)C(F)(F)F)n1. The van der Waals surface area contributed by atoms with Crippen LogP contribution in [0.2, 0.25) is 0 Å². The van der Waals surface area contributed by atoms with Gasteiger partial charge in [-0.05, 0) is 6.92 Å². The van der Waals surface area contributed by atoms with Crippen LogP contribution in [0, 0.1) is 6.92 Å². The highest BCUT2D eigenvalue weighted by molar-refractivity contribution is 7.14. The molecule has 94 valence electrons. The first-order valence-corrected chi connectivity index (χ1v) is 5.12. The molecule has 17 heavy (non-hydrogen) atoms. The summed E-state index contributed by atoms with van der Waals surface area (Å²) in [4.78, 5) is 25.2. The van der Waals surface area contributed by atoms with Gasteiger partial charge in [-0.25, -0.2) is 4.98 Å². The molecule has 1 N–H and O–H groups in total. The van der Waals surface area contributed by atoms with Crippen molar-refractivity contribution in [2.75, 3.05) is 11.4 Å². The van der Waals surface area contributed by atoms with Crippen molar-refractivity contribution in [3.63, 3.8) is 0 Å². The van der Waals surface area contributed by atoms with E-state index in [0.717, 1.165) is 11.3 Å². The quantitative estimate of drug-likeness (QED) is 0.900. The zero-order valence-electron chi connectivity index (χ0n) is 8.48. The van der Waals surface area contributed by atoms with Crippen LogP contribution in [0.15, 0.2) is 5.38 Å². The van der Waals surface area contributed by atoms with Crippen molar-refractivity contribution in [1.82, 2.24) is 4.98 Å². The second-order valence-electron chi connectivity index (χ2n) is 3.05. The van der Waals surface area contributed by atoms with Gasteiger partial charge in [-0.3, -0.25) is 14.5 Å². The Morgan fingerprint density at radius 3 is 2.47 bits per heavy atom. The van der Waals surface area contributed by atoms with Crippen LogP contribution >= 0.6 is 11.3 Å². The number of anilines is 1. The lowest BCUT2D eigenvalue weighted by atomic mass is 10.4. The fourth-order valence-electron chi connectivity index (χ4n) is 0.980. The normalized spacial score (nSPS) is 11.3. The van der Waals surface area contributed by atoms with Crippen LogP contribution in [0.3, 0.4) is 0 Å². The number of carboxylic acid groups (broad SMARTS) is 1. The van der Waals surface area contributed by atoms with Crippen LogP contribution in [0.4, 0.5) is 18.3 Å². The summed E-state index contributed by atoms with van der Waals surface area (Å²) in [5.41, 5.74) is 0.412. The van der Waals surface area contributed by atoms with E-state index in [2.05, 4.69) is 4.98 Å². The van der Waals surface area contributed by atoms with E-state index in [1.165, 1.54) is 12.3 Å². The van der Waals surface area contributed by atoms with Crippen molar-refractivity contribution in [3.8, 4) is 0 Å². The van der Waals surface area contributed by atoms with Crippen LogP contribution in [0.25, 0.3) is 0 Å². The van der Waals surface area contributed by atoms with Gasteiger partial charge in [-0.1, -0.05) is 0 Å². The predicted molar refractivity (Wildman–Crippen MR) is 52.9 cm³/mol. The predicted octanol–water partition coefficient (Wildman–Crippen LogP) is 1.43. The van der Waals surface area contributed by atoms with Gasteiger partial charge >= 0.3 is 18.1 Å². The maximum Gasteiger partial charge on any atom is 0.471 e. The van der Waals surface area contributed by atoms with E-state index >= 15 is 0 Å². The Labute approximate surface area is 97.5 Å².